The molecule has 4 aliphatic carbocycles. The van der Waals surface area contributed by atoms with Gasteiger partial charge in [0, 0.05) is 11.8 Å². The third kappa shape index (κ3) is 2.97. The molecule has 0 aromatic heterocycles. The van der Waals surface area contributed by atoms with Crippen molar-refractivity contribution in [2.24, 2.45) is 34.0 Å². The molecule has 0 radical (unpaired) electrons. The van der Waals surface area contributed by atoms with Gasteiger partial charge in [-0.3, -0.25) is 9.59 Å². The number of ether oxygens (including phenoxy) is 1. The molecule has 0 saturated heterocycles. The van der Waals surface area contributed by atoms with Gasteiger partial charge in [-0.1, -0.05) is 26.3 Å². The van der Waals surface area contributed by atoms with Crippen LogP contribution >= 0.6 is 0 Å². The molecule has 0 N–H and O–H groups in total. The first-order valence-electron chi connectivity index (χ1n) is 11.9. The zero-order valence-corrected chi connectivity index (χ0v) is 19.4. The van der Waals surface area contributed by atoms with E-state index >= 15 is 0 Å². The molecule has 0 spiro atoms. The van der Waals surface area contributed by atoms with Crippen LogP contribution in [0.2, 0.25) is 0 Å². The van der Waals surface area contributed by atoms with Gasteiger partial charge in [-0.15, -0.1) is 0 Å². The number of fused-ring (bicyclic) bond motifs is 5. The van der Waals surface area contributed by atoms with Gasteiger partial charge in [-0.25, -0.2) is 0 Å². The fourth-order valence-corrected chi connectivity index (χ4v) is 7.44. The second kappa shape index (κ2) is 6.69. The Hall–Kier alpha value is -1.12. The molecule has 3 heteroatoms. The highest BCUT2D eigenvalue weighted by Gasteiger charge is 2.64. The second-order valence-corrected chi connectivity index (χ2v) is 11.8. The van der Waals surface area contributed by atoms with Crippen molar-refractivity contribution < 1.29 is 14.3 Å². The molecule has 4 aliphatic rings. The summed E-state index contributed by atoms with van der Waals surface area (Å²) in [6.07, 6.45) is 11.3. The molecule has 0 bridgehead atoms. The zero-order valence-electron chi connectivity index (χ0n) is 19.4. The van der Waals surface area contributed by atoms with Gasteiger partial charge < -0.3 is 4.74 Å². The third-order valence-corrected chi connectivity index (χ3v) is 10.2. The fourth-order valence-electron chi connectivity index (χ4n) is 7.44. The van der Waals surface area contributed by atoms with E-state index in [1.54, 1.807) is 0 Å². The average molecular weight is 401 g/mol. The summed E-state index contributed by atoms with van der Waals surface area (Å²) in [5.41, 5.74) is 0.927. The molecule has 0 aromatic rings. The Labute approximate surface area is 177 Å². The fraction of sp³-hybridized carbons (Fsp3) is 0.846. The summed E-state index contributed by atoms with van der Waals surface area (Å²) in [5.74, 6) is 2.30. The average Bonchev–Trinajstić information content (AvgIpc) is 2.93. The Morgan fingerprint density at radius 3 is 2.45 bits per heavy atom. The standard InChI is InChI=1S/C26H40O3/c1-7-23(2,3)22(28)29-26(6)15-12-21-19-9-8-17-16-18(27)10-13-24(17,4)20(19)11-14-25(21,26)5/h16,19-21H,7-15H2,1-6H3/t19?,20-,21-,24-,25-,26?/m0/s1. The minimum absolute atomic E-state index is 0.0295. The lowest BCUT2D eigenvalue weighted by atomic mass is 9.46. The van der Waals surface area contributed by atoms with E-state index in [1.807, 2.05) is 19.9 Å². The second-order valence-electron chi connectivity index (χ2n) is 11.8. The van der Waals surface area contributed by atoms with Gasteiger partial charge in [0.1, 0.15) is 5.60 Å². The van der Waals surface area contributed by atoms with E-state index in [-0.39, 0.29) is 22.4 Å². The Balaban J connectivity index is 1.60. The van der Waals surface area contributed by atoms with Crippen molar-refractivity contribution in [1.82, 2.24) is 0 Å². The molecule has 162 valence electrons. The van der Waals surface area contributed by atoms with Crippen molar-refractivity contribution in [3.63, 3.8) is 0 Å². The molecular weight excluding hydrogens is 360 g/mol. The highest BCUT2D eigenvalue weighted by molar-refractivity contribution is 5.91. The van der Waals surface area contributed by atoms with Crippen LogP contribution in [0.4, 0.5) is 0 Å². The third-order valence-electron chi connectivity index (χ3n) is 10.2. The number of allylic oxidation sites excluding steroid dienone is 1. The Morgan fingerprint density at radius 2 is 1.76 bits per heavy atom. The van der Waals surface area contributed by atoms with Crippen LogP contribution in [0.1, 0.15) is 99.3 Å². The van der Waals surface area contributed by atoms with Crippen molar-refractivity contribution >= 4 is 11.8 Å². The normalized spacial score (nSPS) is 44.4. The van der Waals surface area contributed by atoms with Crippen LogP contribution in [0, 0.1) is 34.0 Å². The SMILES string of the molecule is CCC(C)(C)C(=O)OC1(C)CC[C@H]2C3CCC4=CC(=O)CC[C@]4(C)[C@H]3CC[C@@]21C. The minimum Gasteiger partial charge on any atom is -0.458 e. The van der Waals surface area contributed by atoms with Crippen molar-refractivity contribution in [2.45, 2.75) is 105 Å². The summed E-state index contributed by atoms with van der Waals surface area (Å²) in [5, 5.41) is 0. The molecule has 3 saturated carbocycles. The highest BCUT2D eigenvalue weighted by Crippen LogP contribution is 2.68. The molecule has 6 atom stereocenters. The Kier molecular flexibility index (Phi) is 4.87. The van der Waals surface area contributed by atoms with Gasteiger partial charge >= 0.3 is 5.97 Å². The van der Waals surface area contributed by atoms with Crippen LogP contribution in [0.25, 0.3) is 0 Å². The number of hydrogen-bond acceptors (Lipinski definition) is 3. The van der Waals surface area contributed by atoms with Crippen molar-refractivity contribution in [3.8, 4) is 0 Å². The van der Waals surface area contributed by atoms with Crippen LogP contribution in [0.5, 0.6) is 0 Å². The maximum atomic E-state index is 13.0. The van der Waals surface area contributed by atoms with Gasteiger partial charge in [0.05, 0.1) is 5.41 Å². The lowest BCUT2D eigenvalue weighted by Gasteiger charge is -2.59. The number of esters is 1. The van der Waals surface area contributed by atoms with E-state index in [0.717, 1.165) is 32.1 Å². The van der Waals surface area contributed by atoms with Crippen LogP contribution < -0.4 is 0 Å². The van der Waals surface area contributed by atoms with Crippen molar-refractivity contribution in [3.05, 3.63) is 11.6 Å². The summed E-state index contributed by atoms with van der Waals surface area (Å²) in [6.45, 7) is 13.1. The molecule has 0 aliphatic heterocycles. The zero-order chi connectivity index (χ0) is 21.2. The van der Waals surface area contributed by atoms with Crippen LogP contribution in [0.15, 0.2) is 11.6 Å². The van der Waals surface area contributed by atoms with Gasteiger partial charge in [0.25, 0.3) is 0 Å². The molecule has 3 nitrogen and oxygen atoms in total. The van der Waals surface area contributed by atoms with Crippen LogP contribution in [-0.2, 0) is 14.3 Å². The summed E-state index contributed by atoms with van der Waals surface area (Å²) in [6, 6.07) is 0. The first kappa shape index (κ1) is 21.1. The minimum atomic E-state index is -0.415. The molecule has 0 aromatic carbocycles. The monoisotopic (exact) mass is 400 g/mol. The summed E-state index contributed by atoms with van der Waals surface area (Å²) < 4.78 is 6.36. The van der Waals surface area contributed by atoms with Crippen LogP contribution in [0.3, 0.4) is 0 Å². The number of ketones is 1. The van der Waals surface area contributed by atoms with Gasteiger partial charge in [0.2, 0.25) is 0 Å². The Bertz CT molecular complexity index is 749. The maximum absolute atomic E-state index is 13.0. The first-order chi connectivity index (χ1) is 13.5. The van der Waals surface area contributed by atoms with Gasteiger partial charge in [0.15, 0.2) is 5.78 Å². The van der Waals surface area contributed by atoms with E-state index < -0.39 is 5.41 Å². The van der Waals surface area contributed by atoms with Crippen molar-refractivity contribution in [1.29, 1.82) is 0 Å². The molecule has 0 heterocycles. The predicted molar refractivity (Wildman–Crippen MR) is 115 cm³/mol. The molecular formula is C26H40O3. The van der Waals surface area contributed by atoms with E-state index in [9.17, 15) is 9.59 Å². The van der Waals surface area contributed by atoms with Crippen molar-refractivity contribution in [2.75, 3.05) is 0 Å². The first-order valence-corrected chi connectivity index (χ1v) is 11.9. The summed E-state index contributed by atoms with van der Waals surface area (Å²) in [4.78, 5) is 25.0. The van der Waals surface area contributed by atoms with E-state index in [2.05, 4.69) is 27.7 Å². The molecule has 4 rings (SSSR count). The maximum Gasteiger partial charge on any atom is 0.312 e. The topological polar surface area (TPSA) is 43.4 Å². The number of rotatable bonds is 3. The largest absolute Gasteiger partial charge is 0.458 e. The summed E-state index contributed by atoms with van der Waals surface area (Å²) >= 11 is 0. The van der Waals surface area contributed by atoms with E-state index in [1.165, 1.54) is 24.8 Å². The molecule has 2 unspecified atom stereocenters. The number of hydrogen-bond donors (Lipinski definition) is 0. The number of carbonyl (C=O) groups is 2. The van der Waals surface area contributed by atoms with Gasteiger partial charge in [-0.2, -0.15) is 0 Å². The van der Waals surface area contributed by atoms with E-state index in [4.69, 9.17) is 4.74 Å². The highest BCUT2D eigenvalue weighted by atomic mass is 16.6. The lowest BCUT2D eigenvalue weighted by molar-refractivity contribution is -0.189. The van der Waals surface area contributed by atoms with E-state index in [0.29, 0.717) is 30.0 Å². The Morgan fingerprint density at radius 1 is 1.07 bits per heavy atom. The smallest absolute Gasteiger partial charge is 0.312 e. The quantitative estimate of drug-likeness (QED) is 0.525. The molecule has 0 amide bonds. The lowest BCUT2D eigenvalue weighted by Crippen LogP contribution is -2.55. The van der Waals surface area contributed by atoms with Crippen LogP contribution in [-0.4, -0.2) is 17.4 Å². The predicted octanol–water partition coefficient (Wildman–Crippen LogP) is 6.26. The van der Waals surface area contributed by atoms with Gasteiger partial charge in [-0.05, 0) is 101 Å². The summed E-state index contributed by atoms with van der Waals surface area (Å²) in [7, 11) is 0. The molecule has 29 heavy (non-hydrogen) atoms. The molecule has 3 fully saturated rings. The number of carbonyl (C=O) groups excluding carboxylic acids is 2.